The van der Waals surface area contributed by atoms with E-state index in [2.05, 4.69) is 9.97 Å². The van der Waals surface area contributed by atoms with Crippen LogP contribution in [0.3, 0.4) is 0 Å². The molecule has 1 N–H and O–H groups in total. The van der Waals surface area contributed by atoms with Crippen molar-refractivity contribution in [2.75, 3.05) is 13.4 Å². The van der Waals surface area contributed by atoms with E-state index in [9.17, 15) is 9.90 Å². The molecule has 1 aromatic heterocycles. The number of methoxy groups -OCH3 is 1. The smallest absolute Gasteiger partial charge is 0.308 e. The molecule has 0 spiro atoms. The van der Waals surface area contributed by atoms with E-state index < -0.39 is 6.10 Å². The van der Waals surface area contributed by atoms with Crippen LogP contribution in [-0.4, -0.2) is 34.4 Å². The van der Waals surface area contributed by atoms with Gasteiger partial charge in [-0.05, 0) is 43.9 Å². The van der Waals surface area contributed by atoms with Crippen LogP contribution in [-0.2, 0) is 9.53 Å². The Morgan fingerprint density at radius 3 is 2.67 bits per heavy atom. The Hall–Kier alpha value is -0.850. The molecule has 1 fully saturated rings. The molecule has 0 unspecified atom stereocenters. The summed E-state index contributed by atoms with van der Waals surface area (Å²) in [5.74, 6) is -0.113. The van der Waals surface area contributed by atoms with Crippen molar-refractivity contribution in [2.45, 2.75) is 36.9 Å². The van der Waals surface area contributed by atoms with Gasteiger partial charge in [-0.3, -0.25) is 4.79 Å². The van der Waals surface area contributed by atoms with E-state index in [1.165, 1.54) is 18.9 Å². The molecular weight excluding hydrogens is 312 g/mol. The third-order valence-corrected chi connectivity index (χ3v) is 4.67. The number of nitrogens with zero attached hydrogens (tertiary/aromatic N) is 2. The van der Waals surface area contributed by atoms with Crippen LogP contribution in [0.2, 0.25) is 5.15 Å². The summed E-state index contributed by atoms with van der Waals surface area (Å²) in [7, 11) is 1.41. The predicted octanol–water partition coefficient (Wildman–Crippen LogP) is 2.86. The lowest BCUT2D eigenvalue weighted by Crippen LogP contribution is -2.26. The summed E-state index contributed by atoms with van der Waals surface area (Å²) in [6.45, 7) is 0. The molecule has 1 aromatic rings. The standard InChI is InChI=1S/C14H19ClN2O3S/c1-20-13(19)9-5-3-8(4-6-9)12(18)10-7-11(15)17-14(16-10)21-2/h7-9,12,18H,3-6H2,1-2H3/t8?,9?,12-/m1/s1. The van der Waals surface area contributed by atoms with E-state index in [1.54, 1.807) is 6.07 Å². The average molecular weight is 331 g/mol. The van der Waals surface area contributed by atoms with Gasteiger partial charge in [0.1, 0.15) is 5.15 Å². The molecule has 5 nitrogen and oxygen atoms in total. The summed E-state index contributed by atoms with van der Waals surface area (Å²) in [5, 5.41) is 11.4. The van der Waals surface area contributed by atoms with Crippen molar-refractivity contribution in [1.82, 2.24) is 9.97 Å². The lowest BCUT2D eigenvalue weighted by molar-refractivity contribution is -0.147. The predicted molar refractivity (Wildman–Crippen MR) is 81.2 cm³/mol. The first-order valence-electron chi connectivity index (χ1n) is 6.89. The zero-order chi connectivity index (χ0) is 15.4. The van der Waals surface area contributed by atoms with Crippen molar-refractivity contribution in [3.63, 3.8) is 0 Å². The van der Waals surface area contributed by atoms with Gasteiger partial charge in [-0.15, -0.1) is 0 Å². The Morgan fingerprint density at radius 1 is 1.43 bits per heavy atom. The number of esters is 1. The van der Waals surface area contributed by atoms with Crippen molar-refractivity contribution in [2.24, 2.45) is 11.8 Å². The van der Waals surface area contributed by atoms with Crippen molar-refractivity contribution in [3.05, 3.63) is 16.9 Å². The molecule has 0 amide bonds. The van der Waals surface area contributed by atoms with Gasteiger partial charge in [-0.2, -0.15) is 0 Å². The highest BCUT2D eigenvalue weighted by atomic mass is 35.5. The highest BCUT2D eigenvalue weighted by Gasteiger charge is 2.31. The number of hydrogen-bond donors (Lipinski definition) is 1. The van der Waals surface area contributed by atoms with E-state index >= 15 is 0 Å². The van der Waals surface area contributed by atoms with E-state index in [1.807, 2.05) is 6.26 Å². The first-order valence-corrected chi connectivity index (χ1v) is 8.49. The van der Waals surface area contributed by atoms with E-state index in [0.717, 1.165) is 25.7 Å². The van der Waals surface area contributed by atoms with Gasteiger partial charge in [0.25, 0.3) is 0 Å². The highest BCUT2D eigenvalue weighted by molar-refractivity contribution is 7.98. The van der Waals surface area contributed by atoms with Crippen LogP contribution in [0.15, 0.2) is 11.2 Å². The fraction of sp³-hybridized carbons (Fsp3) is 0.643. The van der Waals surface area contributed by atoms with Crippen molar-refractivity contribution in [1.29, 1.82) is 0 Å². The normalized spacial score (nSPS) is 23.6. The average Bonchev–Trinajstić information content (AvgIpc) is 2.52. The first kappa shape index (κ1) is 16.5. The number of thioether (sulfide) groups is 1. The molecule has 116 valence electrons. The number of carbonyl (C=O) groups is 1. The minimum absolute atomic E-state index is 0.0470. The van der Waals surface area contributed by atoms with Gasteiger partial charge in [-0.1, -0.05) is 23.4 Å². The van der Waals surface area contributed by atoms with Crippen LogP contribution in [0.25, 0.3) is 0 Å². The lowest BCUT2D eigenvalue weighted by Gasteiger charge is -2.30. The molecule has 0 saturated heterocycles. The van der Waals surface area contributed by atoms with Gasteiger partial charge in [0.05, 0.1) is 24.8 Å². The number of halogens is 1. The molecule has 7 heteroatoms. The molecule has 0 aliphatic heterocycles. The number of aliphatic hydroxyl groups excluding tert-OH is 1. The fourth-order valence-electron chi connectivity index (χ4n) is 2.73. The molecule has 1 aliphatic carbocycles. The van der Waals surface area contributed by atoms with E-state index in [4.69, 9.17) is 16.3 Å². The fourth-order valence-corrected chi connectivity index (χ4v) is 3.36. The zero-order valence-electron chi connectivity index (χ0n) is 12.1. The van der Waals surface area contributed by atoms with Crippen LogP contribution in [0.5, 0.6) is 0 Å². The molecular formula is C14H19ClN2O3S. The summed E-state index contributed by atoms with van der Waals surface area (Å²) < 4.78 is 4.77. The monoisotopic (exact) mass is 330 g/mol. The minimum atomic E-state index is -0.671. The molecule has 1 atom stereocenters. The second kappa shape index (κ2) is 7.42. The van der Waals surface area contributed by atoms with Crippen LogP contribution in [0.1, 0.15) is 37.5 Å². The first-order chi connectivity index (χ1) is 10.0. The highest BCUT2D eigenvalue weighted by Crippen LogP contribution is 2.37. The zero-order valence-corrected chi connectivity index (χ0v) is 13.7. The number of carbonyl (C=O) groups excluding carboxylic acids is 1. The minimum Gasteiger partial charge on any atom is -0.469 e. The summed E-state index contributed by atoms with van der Waals surface area (Å²) in [4.78, 5) is 19.9. The summed E-state index contributed by atoms with van der Waals surface area (Å²) in [6, 6.07) is 1.61. The topological polar surface area (TPSA) is 72.3 Å². The van der Waals surface area contributed by atoms with Crippen molar-refractivity contribution in [3.8, 4) is 0 Å². The Morgan fingerprint density at radius 2 is 2.10 bits per heavy atom. The molecule has 0 bridgehead atoms. The van der Waals surface area contributed by atoms with Gasteiger partial charge in [0.2, 0.25) is 0 Å². The molecule has 1 aliphatic rings. The second-order valence-electron chi connectivity index (χ2n) is 5.18. The molecule has 0 radical (unpaired) electrons. The van der Waals surface area contributed by atoms with Gasteiger partial charge < -0.3 is 9.84 Å². The summed E-state index contributed by atoms with van der Waals surface area (Å²) in [5.41, 5.74) is 0.556. The second-order valence-corrected chi connectivity index (χ2v) is 6.34. The van der Waals surface area contributed by atoms with Crippen LogP contribution >= 0.6 is 23.4 Å². The number of ether oxygens (including phenoxy) is 1. The Labute approximate surface area is 133 Å². The van der Waals surface area contributed by atoms with Crippen LogP contribution in [0, 0.1) is 11.8 Å². The Kier molecular flexibility index (Phi) is 5.84. The lowest BCUT2D eigenvalue weighted by atomic mass is 9.78. The number of rotatable bonds is 4. The van der Waals surface area contributed by atoms with Crippen molar-refractivity contribution >= 4 is 29.3 Å². The van der Waals surface area contributed by atoms with Crippen LogP contribution in [0.4, 0.5) is 0 Å². The Balaban J connectivity index is 2.03. The molecule has 1 heterocycles. The third-order valence-electron chi connectivity index (χ3n) is 3.93. The molecule has 21 heavy (non-hydrogen) atoms. The van der Waals surface area contributed by atoms with Gasteiger partial charge >= 0.3 is 5.97 Å². The number of aromatic nitrogens is 2. The quantitative estimate of drug-likeness (QED) is 0.396. The van der Waals surface area contributed by atoms with Crippen LogP contribution < -0.4 is 0 Å². The van der Waals surface area contributed by atoms with Gasteiger partial charge in [0.15, 0.2) is 5.16 Å². The van der Waals surface area contributed by atoms with Gasteiger partial charge in [0, 0.05) is 0 Å². The molecule has 0 aromatic carbocycles. The summed E-state index contributed by atoms with van der Waals surface area (Å²) >= 11 is 7.35. The maximum atomic E-state index is 11.5. The molecule has 2 rings (SSSR count). The van der Waals surface area contributed by atoms with Gasteiger partial charge in [-0.25, -0.2) is 9.97 Å². The third kappa shape index (κ3) is 4.08. The van der Waals surface area contributed by atoms with Crippen molar-refractivity contribution < 1.29 is 14.6 Å². The van der Waals surface area contributed by atoms with E-state index in [0.29, 0.717) is 16.0 Å². The maximum absolute atomic E-state index is 11.5. The largest absolute Gasteiger partial charge is 0.469 e. The number of aliphatic hydroxyl groups is 1. The SMILES string of the molecule is COC(=O)C1CCC([C@@H](O)c2cc(Cl)nc(SC)n2)CC1. The number of hydrogen-bond acceptors (Lipinski definition) is 6. The molecule has 1 saturated carbocycles. The maximum Gasteiger partial charge on any atom is 0.308 e. The summed E-state index contributed by atoms with van der Waals surface area (Å²) in [6.07, 6.45) is 4.22. The Bertz CT molecular complexity index is 507. The van der Waals surface area contributed by atoms with E-state index in [-0.39, 0.29) is 17.8 Å².